The van der Waals surface area contributed by atoms with E-state index in [1.807, 2.05) is 0 Å². The summed E-state index contributed by atoms with van der Waals surface area (Å²) < 4.78 is 5.68. The Labute approximate surface area is 120 Å². The van der Waals surface area contributed by atoms with E-state index >= 15 is 0 Å². The average molecular weight is 279 g/mol. The highest BCUT2D eigenvalue weighted by atomic mass is 16.3. The van der Waals surface area contributed by atoms with E-state index in [4.69, 9.17) is 10.3 Å². The molecule has 1 saturated heterocycles. The molecule has 1 amide bonds. The molecule has 2 rings (SSSR count). The van der Waals surface area contributed by atoms with Crippen molar-refractivity contribution >= 4 is 5.91 Å². The minimum absolute atomic E-state index is 0.296. The molecule has 0 aromatic carbocycles. The lowest BCUT2D eigenvalue weighted by Crippen LogP contribution is -2.30. The van der Waals surface area contributed by atoms with Gasteiger partial charge in [-0.15, -0.1) is 0 Å². The number of rotatable bonds is 5. The van der Waals surface area contributed by atoms with Crippen LogP contribution in [0.3, 0.4) is 0 Å². The zero-order valence-corrected chi connectivity index (χ0v) is 12.7. The first-order valence-electron chi connectivity index (χ1n) is 7.36. The summed E-state index contributed by atoms with van der Waals surface area (Å²) in [4.78, 5) is 14.0. The van der Waals surface area contributed by atoms with Crippen molar-refractivity contribution in [2.24, 2.45) is 11.3 Å². The van der Waals surface area contributed by atoms with Crippen LogP contribution in [-0.2, 0) is 6.54 Å². The van der Waals surface area contributed by atoms with E-state index in [9.17, 15) is 4.79 Å². The molecule has 5 nitrogen and oxygen atoms in total. The van der Waals surface area contributed by atoms with Gasteiger partial charge in [0, 0.05) is 6.54 Å². The molecule has 3 N–H and O–H groups in total. The lowest BCUT2D eigenvalue weighted by molar-refractivity contribution is 0.0952. The van der Waals surface area contributed by atoms with Gasteiger partial charge in [-0.1, -0.05) is 13.8 Å². The van der Waals surface area contributed by atoms with Crippen LogP contribution in [0.1, 0.15) is 55.0 Å². The number of nitrogen functional groups attached to an aromatic ring is 1. The number of nitrogens with zero attached hydrogens (tertiary/aromatic N) is 1. The number of aryl methyl sites for hydroxylation is 1. The van der Waals surface area contributed by atoms with Crippen molar-refractivity contribution in [3.63, 3.8) is 0 Å². The van der Waals surface area contributed by atoms with Gasteiger partial charge >= 0.3 is 0 Å². The van der Waals surface area contributed by atoms with Crippen LogP contribution in [0.15, 0.2) is 10.5 Å². The number of nitrogens with one attached hydrogen (secondary N) is 1. The summed E-state index contributed by atoms with van der Waals surface area (Å²) in [6, 6.07) is 1.80. The van der Waals surface area contributed by atoms with E-state index in [0.717, 1.165) is 25.4 Å². The zero-order chi connectivity index (χ0) is 14.8. The van der Waals surface area contributed by atoms with E-state index in [1.165, 1.54) is 19.3 Å². The minimum atomic E-state index is -0.296. The molecule has 0 atom stereocenters. The van der Waals surface area contributed by atoms with Gasteiger partial charge in [0.2, 0.25) is 0 Å². The summed E-state index contributed by atoms with van der Waals surface area (Å²) in [5.41, 5.74) is 3.13. The lowest BCUT2D eigenvalue weighted by Gasteiger charge is -2.26. The zero-order valence-electron chi connectivity index (χ0n) is 12.7. The molecule has 20 heavy (non-hydrogen) atoms. The molecule has 1 aliphatic heterocycles. The second-order valence-corrected chi connectivity index (χ2v) is 5.82. The van der Waals surface area contributed by atoms with Crippen LogP contribution >= 0.6 is 0 Å². The highest BCUT2D eigenvalue weighted by Gasteiger charge is 2.35. The SMILES string of the molecule is CCC1(CC)CCN(Cc2cc(C(=O)NN)c(C)o2)C1. The number of amides is 1. The monoisotopic (exact) mass is 279 g/mol. The summed E-state index contributed by atoms with van der Waals surface area (Å²) >= 11 is 0. The van der Waals surface area contributed by atoms with Crippen molar-refractivity contribution in [1.82, 2.24) is 10.3 Å². The van der Waals surface area contributed by atoms with Crippen LogP contribution in [0.25, 0.3) is 0 Å². The number of carbonyl (C=O) groups is 1. The highest BCUT2D eigenvalue weighted by molar-refractivity contribution is 5.94. The molecular formula is C15H25N3O2. The highest BCUT2D eigenvalue weighted by Crippen LogP contribution is 2.37. The Bertz CT molecular complexity index is 477. The van der Waals surface area contributed by atoms with Crippen LogP contribution in [0.4, 0.5) is 0 Å². The van der Waals surface area contributed by atoms with Gasteiger partial charge in [-0.3, -0.25) is 15.1 Å². The van der Waals surface area contributed by atoms with Gasteiger partial charge in [0.15, 0.2) is 0 Å². The Balaban J connectivity index is 2.03. The molecule has 0 bridgehead atoms. The Hall–Kier alpha value is -1.33. The summed E-state index contributed by atoms with van der Waals surface area (Å²) in [6.45, 7) is 9.31. The van der Waals surface area contributed by atoms with Crippen molar-refractivity contribution in [1.29, 1.82) is 0 Å². The molecular weight excluding hydrogens is 254 g/mol. The minimum Gasteiger partial charge on any atom is -0.464 e. The third-order valence-corrected chi connectivity index (χ3v) is 4.74. The molecule has 0 saturated carbocycles. The number of nitrogens with two attached hydrogens (primary N) is 1. The molecule has 1 aliphatic rings. The second-order valence-electron chi connectivity index (χ2n) is 5.82. The predicted octanol–water partition coefficient (Wildman–Crippen LogP) is 2.20. The fourth-order valence-corrected chi connectivity index (χ4v) is 3.14. The normalized spacial score (nSPS) is 18.4. The topological polar surface area (TPSA) is 71.5 Å². The van der Waals surface area contributed by atoms with Crippen molar-refractivity contribution in [3.05, 3.63) is 23.2 Å². The summed E-state index contributed by atoms with van der Waals surface area (Å²) in [6.07, 6.45) is 3.69. The molecule has 0 radical (unpaired) electrons. The molecule has 1 fully saturated rings. The molecule has 2 heterocycles. The Morgan fingerprint density at radius 1 is 1.50 bits per heavy atom. The smallest absolute Gasteiger partial charge is 0.268 e. The number of hydrogen-bond acceptors (Lipinski definition) is 4. The number of likely N-dealkylation sites (tertiary alicyclic amines) is 1. The van der Waals surface area contributed by atoms with Gasteiger partial charge in [-0.2, -0.15) is 0 Å². The fraction of sp³-hybridized carbons (Fsp3) is 0.667. The molecule has 0 spiro atoms. The number of hydrogen-bond donors (Lipinski definition) is 2. The van der Waals surface area contributed by atoms with Crippen LogP contribution in [0, 0.1) is 12.3 Å². The molecule has 0 aliphatic carbocycles. The first-order valence-corrected chi connectivity index (χ1v) is 7.36. The first kappa shape index (κ1) is 15.1. The van der Waals surface area contributed by atoms with E-state index in [1.54, 1.807) is 13.0 Å². The quantitative estimate of drug-likeness (QED) is 0.492. The standard InChI is InChI=1S/C15H25N3O2/c1-4-15(5-2)6-7-18(10-15)9-12-8-13(11(3)20-12)14(19)17-16/h8H,4-7,9-10,16H2,1-3H3,(H,17,19). The van der Waals surface area contributed by atoms with Gasteiger partial charge in [0.25, 0.3) is 5.91 Å². The van der Waals surface area contributed by atoms with Gasteiger partial charge in [0.1, 0.15) is 11.5 Å². The lowest BCUT2D eigenvalue weighted by atomic mass is 9.82. The van der Waals surface area contributed by atoms with Crippen LogP contribution in [0.5, 0.6) is 0 Å². The number of furan rings is 1. The maximum absolute atomic E-state index is 11.6. The fourth-order valence-electron chi connectivity index (χ4n) is 3.14. The number of hydrazine groups is 1. The largest absolute Gasteiger partial charge is 0.464 e. The first-order chi connectivity index (χ1) is 9.53. The van der Waals surface area contributed by atoms with Crippen LogP contribution in [0.2, 0.25) is 0 Å². The van der Waals surface area contributed by atoms with Crippen LogP contribution < -0.4 is 11.3 Å². The van der Waals surface area contributed by atoms with Gasteiger partial charge < -0.3 is 4.42 Å². The van der Waals surface area contributed by atoms with E-state index < -0.39 is 0 Å². The van der Waals surface area contributed by atoms with Crippen molar-refractivity contribution in [3.8, 4) is 0 Å². The molecule has 1 aromatic rings. The Kier molecular flexibility index (Phi) is 4.50. The van der Waals surface area contributed by atoms with E-state index in [0.29, 0.717) is 16.7 Å². The van der Waals surface area contributed by atoms with Crippen molar-refractivity contribution in [2.75, 3.05) is 13.1 Å². The third kappa shape index (κ3) is 2.88. The maximum Gasteiger partial charge on any atom is 0.268 e. The van der Waals surface area contributed by atoms with Crippen molar-refractivity contribution < 1.29 is 9.21 Å². The van der Waals surface area contributed by atoms with Crippen LogP contribution in [-0.4, -0.2) is 23.9 Å². The van der Waals surface area contributed by atoms with Gasteiger partial charge in [-0.25, -0.2) is 5.84 Å². The van der Waals surface area contributed by atoms with E-state index in [2.05, 4.69) is 24.2 Å². The molecule has 1 aromatic heterocycles. The maximum atomic E-state index is 11.6. The van der Waals surface area contributed by atoms with Crippen molar-refractivity contribution in [2.45, 2.75) is 46.6 Å². The summed E-state index contributed by atoms with van der Waals surface area (Å²) in [7, 11) is 0. The summed E-state index contributed by atoms with van der Waals surface area (Å²) in [5, 5.41) is 0. The Morgan fingerprint density at radius 3 is 2.75 bits per heavy atom. The van der Waals surface area contributed by atoms with Gasteiger partial charge in [-0.05, 0) is 44.2 Å². The average Bonchev–Trinajstić information content (AvgIpc) is 3.03. The molecule has 5 heteroatoms. The number of carbonyl (C=O) groups excluding carboxylic acids is 1. The third-order valence-electron chi connectivity index (χ3n) is 4.74. The molecule has 0 unspecified atom stereocenters. The van der Waals surface area contributed by atoms with E-state index in [-0.39, 0.29) is 5.91 Å². The Morgan fingerprint density at radius 2 is 2.20 bits per heavy atom. The predicted molar refractivity (Wildman–Crippen MR) is 78.0 cm³/mol. The summed E-state index contributed by atoms with van der Waals surface area (Å²) in [5.74, 6) is 6.33. The second kappa shape index (κ2) is 5.97. The molecule has 112 valence electrons. The van der Waals surface area contributed by atoms with Gasteiger partial charge in [0.05, 0.1) is 12.1 Å².